The van der Waals surface area contributed by atoms with Crippen LogP contribution in [0.2, 0.25) is 5.15 Å². The van der Waals surface area contributed by atoms with Gasteiger partial charge in [0.2, 0.25) is 0 Å². The largest absolute Gasteiger partial charge is 0.378 e. The Hall–Kier alpha value is -0.580. The first-order valence-electron chi connectivity index (χ1n) is 6.13. The van der Waals surface area contributed by atoms with Crippen LogP contribution in [0.15, 0.2) is 0 Å². The van der Waals surface area contributed by atoms with Gasteiger partial charge in [0.25, 0.3) is 0 Å². The van der Waals surface area contributed by atoms with Crippen molar-refractivity contribution in [2.45, 2.75) is 32.9 Å². The van der Waals surface area contributed by atoms with Crippen molar-refractivity contribution in [3.8, 4) is 0 Å². The summed E-state index contributed by atoms with van der Waals surface area (Å²) in [7, 11) is 1.88. The number of nitrogens with zero attached hydrogens (tertiary/aromatic N) is 3. The van der Waals surface area contributed by atoms with Crippen LogP contribution >= 0.6 is 11.6 Å². The quantitative estimate of drug-likeness (QED) is 0.830. The van der Waals surface area contributed by atoms with E-state index >= 15 is 0 Å². The van der Waals surface area contributed by atoms with E-state index in [2.05, 4.69) is 16.9 Å². The first-order chi connectivity index (χ1) is 8.13. The van der Waals surface area contributed by atoms with Gasteiger partial charge >= 0.3 is 0 Å². The van der Waals surface area contributed by atoms with Gasteiger partial charge in [0.1, 0.15) is 5.15 Å². The molecule has 1 aromatic rings. The topological polar surface area (TPSA) is 30.3 Å². The first kappa shape index (κ1) is 12.9. The number of halogens is 1. The van der Waals surface area contributed by atoms with Crippen LogP contribution in [0, 0.1) is 6.92 Å². The molecule has 96 valence electrons. The van der Waals surface area contributed by atoms with E-state index in [1.54, 1.807) is 4.68 Å². The van der Waals surface area contributed by atoms with Crippen LogP contribution in [0.5, 0.6) is 0 Å². The van der Waals surface area contributed by atoms with Crippen LogP contribution in [0.25, 0.3) is 0 Å². The van der Waals surface area contributed by atoms with Gasteiger partial charge in [-0.2, -0.15) is 5.10 Å². The van der Waals surface area contributed by atoms with Crippen molar-refractivity contribution < 1.29 is 4.74 Å². The smallest absolute Gasteiger partial charge is 0.131 e. The fourth-order valence-corrected chi connectivity index (χ4v) is 2.56. The number of aryl methyl sites for hydroxylation is 2. The molecular formula is C12H20ClN3O. The van der Waals surface area contributed by atoms with Crippen molar-refractivity contribution in [1.82, 2.24) is 14.7 Å². The predicted molar refractivity (Wildman–Crippen MR) is 68.3 cm³/mol. The molecule has 0 aliphatic carbocycles. The molecule has 0 saturated carbocycles. The lowest BCUT2D eigenvalue weighted by Gasteiger charge is -2.34. The summed E-state index contributed by atoms with van der Waals surface area (Å²) in [5.41, 5.74) is 2.17. The van der Waals surface area contributed by atoms with Gasteiger partial charge in [-0.15, -0.1) is 0 Å². The Morgan fingerprint density at radius 3 is 2.88 bits per heavy atom. The Kier molecular flexibility index (Phi) is 4.07. The molecule has 0 aromatic carbocycles. The van der Waals surface area contributed by atoms with E-state index in [1.165, 1.54) is 0 Å². The summed E-state index contributed by atoms with van der Waals surface area (Å²) in [6.07, 6.45) is 1.11. The van der Waals surface area contributed by atoms with Gasteiger partial charge in [0.15, 0.2) is 0 Å². The number of morpholine rings is 1. The van der Waals surface area contributed by atoms with E-state index in [-0.39, 0.29) is 0 Å². The summed E-state index contributed by atoms with van der Waals surface area (Å²) in [5.74, 6) is 0. The number of rotatable bonds is 3. The van der Waals surface area contributed by atoms with Crippen LogP contribution in [-0.2, 0) is 18.3 Å². The Morgan fingerprint density at radius 1 is 1.53 bits per heavy atom. The van der Waals surface area contributed by atoms with Gasteiger partial charge in [-0.3, -0.25) is 9.58 Å². The van der Waals surface area contributed by atoms with Gasteiger partial charge in [0, 0.05) is 31.7 Å². The third kappa shape index (κ3) is 2.64. The van der Waals surface area contributed by atoms with Gasteiger partial charge < -0.3 is 4.74 Å². The minimum atomic E-state index is 0.499. The summed E-state index contributed by atoms with van der Waals surface area (Å²) in [5, 5.41) is 5.11. The highest BCUT2D eigenvalue weighted by molar-refractivity contribution is 6.30. The van der Waals surface area contributed by atoms with Crippen molar-refractivity contribution >= 4 is 11.6 Å². The molecule has 17 heavy (non-hydrogen) atoms. The van der Waals surface area contributed by atoms with E-state index in [4.69, 9.17) is 16.3 Å². The van der Waals surface area contributed by atoms with E-state index in [1.807, 2.05) is 14.0 Å². The van der Waals surface area contributed by atoms with Crippen LogP contribution in [0.4, 0.5) is 0 Å². The highest BCUT2D eigenvalue weighted by atomic mass is 35.5. The molecule has 1 aliphatic rings. The number of hydrogen-bond donors (Lipinski definition) is 0. The summed E-state index contributed by atoms with van der Waals surface area (Å²) in [6, 6.07) is 0.499. The fourth-order valence-electron chi connectivity index (χ4n) is 2.33. The van der Waals surface area contributed by atoms with Gasteiger partial charge in [-0.25, -0.2) is 0 Å². The third-order valence-corrected chi connectivity index (χ3v) is 3.92. The molecule has 0 radical (unpaired) electrons. The molecule has 0 spiro atoms. The molecule has 1 aliphatic heterocycles. The molecule has 4 nitrogen and oxygen atoms in total. The first-order valence-corrected chi connectivity index (χ1v) is 6.51. The number of hydrogen-bond acceptors (Lipinski definition) is 3. The van der Waals surface area contributed by atoms with Crippen molar-refractivity contribution in [2.75, 3.05) is 19.8 Å². The van der Waals surface area contributed by atoms with E-state index in [9.17, 15) is 0 Å². The maximum absolute atomic E-state index is 6.27. The maximum atomic E-state index is 6.27. The predicted octanol–water partition coefficient (Wildman–Crippen LogP) is 1.99. The van der Waals surface area contributed by atoms with E-state index in [0.29, 0.717) is 6.04 Å². The molecule has 1 fully saturated rings. The zero-order valence-corrected chi connectivity index (χ0v) is 11.5. The normalized spacial score (nSPS) is 22.0. The average Bonchev–Trinajstić information content (AvgIpc) is 2.57. The molecule has 1 unspecified atom stereocenters. The molecule has 1 aromatic heterocycles. The van der Waals surface area contributed by atoms with Gasteiger partial charge in [-0.05, 0) is 13.3 Å². The van der Waals surface area contributed by atoms with Gasteiger partial charge in [0.05, 0.1) is 18.9 Å². The molecule has 0 amide bonds. The highest BCUT2D eigenvalue weighted by Crippen LogP contribution is 2.23. The third-order valence-electron chi connectivity index (χ3n) is 3.45. The number of ether oxygens (including phenoxy) is 1. The minimum Gasteiger partial charge on any atom is -0.378 e. The van der Waals surface area contributed by atoms with Gasteiger partial charge in [-0.1, -0.05) is 18.5 Å². The molecule has 2 heterocycles. The van der Waals surface area contributed by atoms with Crippen LogP contribution in [0.3, 0.4) is 0 Å². The second kappa shape index (κ2) is 5.38. The Balaban J connectivity index is 2.13. The molecule has 0 bridgehead atoms. The molecule has 1 atom stereocenters. The minimum absolute atomic E-state index is 0.499. The number of aromatic nitrogens is 2. The van der Waals surface area contributed by atoms with E-state index in [0.717, 1.165) is 49.1 Å². The lowest BCUT2D eigenvalue weighted by Crippen LogP contribution is -2.44. The van der Waals surface area contributed by atoms with Crippen molar-refractivity contribution in [2.24, 2.45) is 7.05 Å². The summed E-state index contributed by atoms with van der Waals surface area (Å²) in [4.78, 5) is 2.44. The van der Waals surface area contributed by atoms with Crippen LogP contribution in [0.1, 0.15) is 24.6 Å². The van der Waals surface area contributed by atoms with Crippen LogP contribution < -0.4 is 0 Å². The summed E-state index contributed by atoms with van der Waals surface area (Å²) in [6.45, 7) is 7.71. The summed E-state index contributed by atoms with van der Waals surface area (Å²) >= 11 is 6.27. The van der Waals surface area contributed by atoms with Crippen molar-refractivity contribution in [1.29, 1.82) is 0 Å². The molecule has 0 N–H and O–H groups in total. The van der Waals surface area contributed by atoms with Crippen molar-refractivity contribution in [3.63, 3.8) is 0 Å². The lowest BCUT2D eigenvalue weighted by atomic mass is 10.1. The average molecular weight is 258 g/mol. The monoisotopic (exact) mass is 257 g/mol. The fraction of sp³-hybridized carbons (Fsp3) is 0.750. The van der Waals surface area contributed by atoms with Crippen molar-refractivity contribution in [3.05, 3.63) is 16.4 Å². The molecule has 2 rings (SSSR count). The SMILES string of the molecule is CCC1COCCN1Cc1c(C)nn(C)c1Cl. The zero-order chi connectivity index (χ0) is 12.4. The maximum Gasteiger partial charge on any atom is 0.131 e. The van der Waals surface area contributed by atoms with Crippen LogP contribution in [-0.4, -0.2) is 40.5 Å². The zero-order valence-electron chi connectivity index (χ0n) is 10.7. The molecule has 5 heteroatoms. The Bertz CT molecular complexity index is 391. The molecular weight excluding hydrogens is 238 g/mol. The highest BCUT2D eigenvalue weighted by Gasteiger charge is 2.24. The summed E-state index contributed by atoms with van der Waals surface area (Å²) < 4.78 is 7.25. The second-order valence-electron chi connectivity index (χ2n) is 4.59. The standard InChI is InChI=1S/C12H20ClN3O/c1-4-10-8-17-6-5-16(10)7-11-9(2)14-15(3)12(11)13/h10H,4-8H2,1-3H3. The molecule has 1 saturated heterocycles. The second-order valence-corrected chi connectivity index (χ2v) is 4.94. The Labute approximate surface area is 107 Å². The van der Waals surface area contributed by atoms with E-state index < -0.39 is 0 Å². The Morgan fingerprint density at radius 2 is 2.29 bits per heavy atom. The lowest BCUT2D eigenvalue weighted by molar-refractivity contribution is -0.0128.